The van der Waals surface area contributed by atoms with Crippen molar-refractivity contribution < 1.29 is 8.42 Å². The fraction of sp³-hybridized carbons (Fsp3) is 0.286. The van der Waals surface area contributed by atoms with Crippen molar-refractivity contribution in [3.63, 3.8) is 0 Å². The Bertz CT molecular complexity index is 1050. The van der Waals surface area contributed by atoms with E-state index in [1.54, 1.807) is 18.2 Å². The summed E-state index contributed by atoms with van der Waals surface area (Å²) in [4.78, 5) is 0.345. The number of hydrogen-bond acceptors (Lipinski definition) is 3. The van der Waals surface area contributed by atoms with E-state index < -0.39 is 9.84 Å². The summed E-state index contributed by atoms with van der Waals surface area (Å²) in [6, 6.07) is 17.5. The first-order chi connectivity index (χ1) is 12.4. The lowest BCUT2D eigenvalue weighted by atomic mass is 10.0. The van der Waals surface area contributed by atoms with Gasteiger partial charge in [-0.1, -0.05) is 36.4 Å². The predicted octanol–water partition coefficient (Wildman–Crippen LogP) is 4.34. The van der Waals surface area contributed by atoms with Crippen LogP contribution in [-0.2, 0) is 16.4 Å². The monoisotopic (exact) mass is 366 g/mol. The zero-order valence-electron chi connectivity index (χ0n) is 15.0. The van der Waals surface area contributed by atoms with Gasteiger partial charge in [-0.3, -0.25) is 4.68 Å². The number of nitrogens with zero attached hydrogens (tertiary/aromatic N) is 2. The fourth-order valence-corrected chi connectivity index (χ4v) is 3.87. The van der Waals surface area contributed by atoms with Crippen LogP contribution < -0.4 is 0 Å². The summed E-state index contributed by atoms with van der Waals surface area (Å²) in [6.45, 7) is 3.01. The van der Waals surface area contributed by atoms with E-state index in [9.17, 15) is 8.42 Å². The van der Waals surface area contributed by atoms with Gasteiger partial charge in [0.15, 0.2) is 9.84 Å². The van der Waals surface area contributed by atoms with E-state index in [2.05, 4.69) is 28.0 Å². The highest BCUT2D eigenvalue weighted by Crippen LogP contribution is 2.33. The summed E-state index contributed by atoms with van der Waals surface area (Å²) in [7, 11) is -3.20. The minimum atomic E-state index is -3.20. The Morgan fingerprint density at radius 3 is 2.35 bits per heavy atom. The number of benzene rings is 2. The van der Waals surface area contributed by atoms with Crippen molar-refractivity contribution in [3.05, 3.63) is 60.3 Å². The summed E-state index contributed by atoms with van der Waals surface area (Å²) in [5.41, 5.74) is 5.22. The Hall–Kier alpha value is -2.40. The lowest BCUT2D eigenvalue weighted by Crippen LogP contribution is -2.04. The van der Waals surface area contributed by atoms with Crippen molar-refractivity contribution in [2.24, 2.45) is 5.92 Å². The standard InChI is InChI=1S/C21H22N2O2S/c1-15-12-21(23(22-15)14-16-6-7-16)18-10-8-17(9-11-18)19-4-3-5-20(13-19)26(2,24)25/h3-5,8-13,16H,6-7,14H2,1-2H3. The van der Waals surface area contributed by atoms with Crippen LogP contribution in [0.1, 0.15) is 18.5 Å². The average molecular weight is 366 g/mol. The van der Waals surface area contributed by atoms with Crippen LogP contribution in [0.25, 0.3) is 22.4 Å². The Balaban J connectivity index is 1.66. The third kappa shape index (κ3) is 3.58. The molecule has 0 bridgehead atoms. The molecule has 1 heterocycles. The van der Waals surface area contributed by atoms with Gasteiger partial charge in [-0.2, -0.15) is 5.10 Å². The van der Waals surface area contributed by atoms with Crippen molar-refractivity contribution in [3.8, 4) is 22.4 Å². The van der Waals surface area contributed by atoms with E-state index in [0.717, 1.165) is 40.5 Å². The molecule has 0 atom stereocenters. The molecule has 4 nitrogen and oxygen atoms in total. The Labute approximate surface area is 154 Å². The summed E-state index contributed by atoms with van der Waals surface area (Å²) in [5.74, 6) is 0.769. The molecule has 0 amide bonds. The first kappa shape index (κ1) is 17.0. The van der Waals surface area contributed by atoms with Crippen LogP contribution in [0.15, 0.2) is 59.5 Å². The van der Waals surface area contributed by atoms with Crippen molar-refractivity contribution >= 4 is 9.84 Å². The molecule has 1 aliphatic rings. The van der Waals surface area contributed by atoms with Crippen LogP contribution in [0.4, 0.5) is 0 Å². The van der Waals surface area contributed by atoms with E-state index in [-0.39, 0.29) is 0 Å². The molecule has 0 saturated heterocycles. The third-order valence-electron chi connectivity index (χ3n) is 4.81. The topological polar surface area (TPSA) is 52.0 Å². The molecule has 0 radical (unpaired) electrons. The quantitative estimate of drug-likeness (QED) is 0.675. The second-order valence-corrected chi connectivity index (χ2v) is 9.19. The van der Waals surface area contributed by atoms with E-state index in [4.69, 9.17) is 0 Å². The Kier molecular flexibility index (Phi) is 4.19. The number of hydrogen-bond donors (Lipinski definition) is 0. The van der Waals surface area contributed by atoms with Gasteiger partial charge in [0, 0.05) is 12.8 Å². The van der Waals surface area contributed by atoms with Gasteiger partial charge in [-0.15, -0.1) is 0 Å². The average Bonchev–Trinajstić information content (AvgIpc) is 3.35. The smallest absolute Gasteiger partial charge is 0.175 e. The van der Waals surface area contributed by atoms with Gasteiger partial charge in [0.2, 0.25) is 0 Å². The second-order valence-electron chi connectivity index (χ2n) is 7.17. The first-order valence-electron chi connectivity index (χ1n) is 8.85. The molecule has 0 aliphatic heterocycles. The summed E-state index contributed by atoms with van der Waals surface area (Å²) in [6.07, 6.45) is 3.83. The van der Waals surface area contributed by atoms with E-state index in [1.807, 2.05) is 25.1 Å². The van der Waals surface area contributed by atoms with Gasteiger partial charge >= 0.3 is 0 Å². The molecule has 0 spiro atoms. The summed E-state index contributed by atoms with van der Waals surface area (Å²) >= 11 is 0. The molecule has 1 aliphatic carbocycles. The maximum atomic E-state index is 11.8. The normalized spacial score (nSPS) is 14.5. The largest absolute Gasteiger partial charge is 0.264 e. The van der Waals surface area contributed by atoms with Crippen molar-refractivity contribution in [2.45, 2.75) is 31.2 Å². The van der Waals surface area contributed by atoms with Crippen molar-refractivity contribution in [1.29, 1.82) is 0 Å². The number of aryl methyl sites for hydroxylation is 1. The van der Waals surface area contributed by atoms with Crippen LogP contribution in [-0.4, -0.2) is 24.5 Å². The Morgan fingerprint density at radius 1 is 1.00 bits per heavy atom. The molecule has 0 N–H and O–H groups in total. The molecule has 3 aromatic rings. The second kappa shape index (κ2) is 6.40. The molecule has 0 unspecified atom stereocenters. The van der Waals surface area contributed by atoms with Gasteiger partial charge in [0.25, 0.3) is 0 Å². The number of rotatable bonds is 5. The van der Waals surface area contributed by atoms with E-state index in [0.29, 0.717) is 4.90 Å². The van der Waals surface area contributed by atoms with Crippen molar-refractivity contribution in [1.82, 2.24) is 9.78 Å². The third-order valence-corrected chi connectivity index (χ3v) is 5.92. The maximum Gasteiger partial charge on any atom is 0.175 e. The van der Waals surface area contributed by atoms with Gasteiger partial charge in [-0.25, -0.2) is 8.42 Å². The molecule has 1 saturated carbocycles. The Morgan fingerprint density at radius 2 is 1.69 bits per heavy atom. The maximum absolute atomic E-state index is 11.8. The van der Waals surface area contributed by atoms with Gasteiger partial charge in [0.05, 0.1) is 16.3 Å². The zero-order chi connectivity index (χ0) is 18.3. The van der Waals surface area contributed by atoms with Crippen LogP contribution in [0, 0.1) is 12.8 Å². The molecular weight excluding hydrogens is 344 g/mol. The van der Waals surface area contributed by atoms with Crippen LogP contribution >= 0.6 is 0 Å². The minimum Gasteiger partial charge on any atom is -0.264 e. The number of aromatic nitrogens is 2. The highest BCUT2D eigenvalue weighted by molar-refractivity contribution is 7.90. The van der Waals surface area contributed by atoms with Crippen LogP contribution in [0.2, 0.25) is 0 Å². The molecule has 26 heavy (non-hydrogen) atoms. The summed E-state index contributed by atoms with van der Waals surface area (Å²) in [5, 5.41) is 4.64. The lowest BCUT2D eigenvalue weighted by Gasteiger charge is -2.09. The molecule has 5 heteroatoms. The predicted molar refractivity (Wildman–Crippen MR) is 104 cm³/mol. The van der Waals surface area contributed by atoms with Crippen LogP contribution in [0.3, 0.4) is 0 Å². The van der Waals surface area contributed by atoms with Gasteiger partial charge in [0.1, 0.15) is 0 Å². The first-order valence-corrected chi connectivity index (χ1v) is 10.7. The van der Waals surface area contributed by atoms with E-state index in [1.165, 1.54) is 19.1 Å². The van der Waals surface area contributed by atoms with Gasteiger partial charge < -0.3 is 0 Å². The lowest BCUT2D eigenvalue weighted by molar-refractivity contribution is 0.565. The van der Waals surface area contributed by atoms with Crippen molar-refractivity contribution in [2.75, 3.05) is 6.26 Å². The SMILES string of the molecule is Cc1cc(-c2ccc(-c3cccc(S(C)(=O)=O)c3)cc2)n(CC2CC2)n1. The highest BCUT2D eigenvalue weighted by Gasteiger charge is 2.23. The zero-order valence-corrected chi connectivity index (χ0v) is 15.8. The molecule has 134 valence electrons. The van der Waals surface area contributed by atoms with E-state index >= 15 is 0 Å². The summed E-state index contributed by atoms with van der Waals surface area (Å²) < 4.78 is 25.7. The molecule has 1 aromatic heterocycles. The minimum absolute atomic E-state index is 0.345. The van der Waals surface area contributed by atoms with Crippen LogP contribution in [0.5, 0.6) is 0 Å². The molecule has 4 rings (SSSR count). The molecule has 1 fully saturated rings. The highest BCUT2D eigenvalue weighted by atomic mass is 32.2. The van der Waals surface area contributed by atoms with Gasteiger partial charge in [-0.05, 0) is 60.6 Å². The molecular formula is C21H22N2O2S. The molecule has 2 aromatic carbocycles. The fourth-order valence-electron chi connectivity index (χ4n) is 3.20. The number of sulfone groups is 1.